The van der Waals surface area contributed by atoms with Crippen molar-refractivity contribution in [2.45, 2.75) is 45.1 Å². The van der Waals surface area contributed by atoms with Gasteiger partial charge in [0.15, 0.2) is 0 Å². The molecule has 2 atom stereocenters. The van der Waals surface area contributed by atoms with Crippen LogP contribution in [0.5, 0.6) is 5.75 Å². The minimum absolute atomic E-state index is 0.0641. The van der Waals surface area contributed by atoms with Crippen LogP contribution in [0.3, 0.4) is 0 Å². The van der Waals surface area contributed by atoms with Crippen molar-refractivity contribution >= 4 is 17.7 Å². The van der Waals surface area contributed by atoms with Crippen LogP contribution in [0.15, 0.2) is 54.6 Å². The van der Waals surface area contributed by atoms with Crippen molar-refractivity contribution in [3.8, 4) is 5.75 Å². The van der Waals surface area contributed by atoms with Gasteiger partial charge < -0.3 is 19.7 Å². The molecule has 2 aromatic rings. The monoisotopic (exact) mass is 464 g/mol. The van der Waals surface area contributed by atoms with Gasteiger partial charge >= 0.3 is 12.5 Å². The van der Waals surface area contributed by atoms with E-state index >= 15 is 0 Å². The fraction of sp³-hybridized carbons (Fsp3) is 0.417. The molecular formula is C24H27F3N2O4. The summed E-state index contributed by atoms with van der Waals surface area (Å²) in [6.07, 6.45) is -4.76. The molecule has 1 aliphatic rings. The van der Waals surface area contributed by atoms with E-state index in [1.54, 1.807) is 20.8 Å². The molecule has 0 saturated carbocycles. The number of benzene rings is 2. The van der Waals surface area contributed by atoms with Crippen LogP contribution in [0.2, 0.25) is 0 Å². The first-order valence-corrected chi connectivity index (χ1v) is 10.6. The SMILES string of the molecule is CC(C)(C)OC(=O)N1C[C@@H](C(=O)Nc2ccc(OC(F)(F)F)cc2)C[C@@H](c2ccccc2)C1. The first kappa shape index (κ1) is 24.4. The van der Waals surface area contributed by atoms with Crippen molar-refractivity contribution in [1.82, 2.24) is 4.90 Å². The third-order valence-corrected chi connectivity index (χ3v) is 5.10. The Kier molecular flexibility index (Phi) is 7.19. The molecule has 2 amide bonds. The highest BCUT2D eigenvalue weighted by Crippen LogP contribution is 2.32. The van der Waals surface area contributed by atoms with Gasteiger partial charge in [-0.25, -0.2) is 4.79 Å². The molecule has 1 N–H and O–H groups in total. The Labute approximate surface area is 190 Å². The second-order valence-electron chi connectivity index (χ2n) is 8.99. The molecule has 0 aromatic heterocycles. The summed E-state index contributed by atoms with van der Waals surface area (Å²) in [5.41, 5.74) is 0.673. The molecule has 1 heterocycles. The van der Waals surface area contributed by atoms with E-state index in [4.69, 9.17) is 4.74 Å². The van der Waals surface area contributed by atoms with Crippen molar-refractivity contribution in [2.24, 2.45) is 5.92 Å². The molecule has 3 rings (SSSR count). The molecule has 1 aliphatic heterocycles. The fourth-order valence-electron chi connectivity index (χ4n) is 3.72. The van der Waals surface area contributed by atoms with Gasteiger partial charge in [0.2, 0.25) is 5.91 Å². The Morgan fingerprint density at radius 1 is 0.970 bits per heavy atom. The molecule has 6 nitrogen and oxygen atoms in total. The number of hydrogen-bond donors (Lipinski definition) is 1. The fourth-order valence-corrected chi connectivity index (χ4v) is 3.72. The number of nitrogens with zero attached hydrogens (tertiary/aromatic N) is 1. The molecule has 178 valence electrons. The molecule has 1 fully saturated rings. The maximum Gasteiger partial charge on any atom is 0.573 e. The molecule has 0 spiro atoms. The average molecular weight is 464 g/mol. The van der Waals surface area contributed by atoms with Crippen LogP contribution >= 0.6 is 0 Å². The van der Waals surface area contributed by atoms with Gasteiger partial charge in [0.25, 0.3) is 0 Å². The third-order valence-electron chi connectivity index (χ3n) is 5.10. The average Bonchev–Trinajstić information content (AvgIpc) is 2.73. The lowest BCUT2D eigenvalue weighted by Gasteiger charge is -2.38. The molecule has 33 heavy (non-hydrogen) atoms. The molecule has 9 heteroatoms. The normalized spacial score (nSPS) is 19.0. The van der Waals surface area contributed by atoms with Crippen LogP contribution in [-0.2, 0) is 9.53 Å². The molecule has 2 aromatic carbocycles. The zero-order valence-electron chi connectivity index (χ0n) is 18.7. The van der Waals surface area contributed by atoms with Crippen molar-refractivity contribution in [3.05, 3.63) is 60.2 Å². The summed E-state index contributed by atoms with van der Waals surface area (Å²) in [5.74, 6) is -1.29. The summed E-state index contributed by atoms with van der Waals surface area (Å²) in [4.78, 5) is 27.3. The summed E-state index contributed by atoms with van der Waals surface area (Å²) in [6, 6.07) is 14.5. The standard InChI is InChI=1S/C24H27F3N2O4/c1-23(2,3)33-22(31)29-14-17(16-7-5-4-6-8-16)13-18(15-29)21(30)28-19-9-11-20(12-10-19)32-24(25,26)27/h4-12,17-18H,13-15H2,1-3H3,(H,28,30)/t17-,18+/m1/s1. The summed E-state index contributed by atoms with van der Waals surface area (Å²) in [6.45, 7) is 5.94. The van der Waals surface area contributed by atoms with Crippen LogP contribution in [0.4, 0.5) is 23.7 Å². The number of carbonyl (C=O) groups excluding carboxylic acids is 2. The molecule has 0 aliphatic carbocycles. The molecule has 0 bridgehead atoms. The topological polar surface area (TPSA) is 67.9 Å². The number of piperidine rings is 1. The van der Waals surface area contributed by atoms with Gasteiger partial charge in [-0.1, -0.05) is 30.3 Å². The third kappa shape index (κ3) is 7.40. The number of carbonyl (C=O) groups is 2. The van der Waals surface area contributed by atoms with Crippen LogP contribution < -0.4 is 10.1 Å². The summed E-state index contributed by atoms with van der Waals surface area (Å²) in [7, 11) is 0. The van der Waals surface area contributed by atoms with E-state index < -0.39 is 24.0 Å². The Bertz CT molecular complexity index is 956. The highest BCUT2D eigenvalue weighted by Gasteiger charge is 2.36. The Balaban J connectivity index is 1.73. The first-order chi connectivity index (χ1) is 15.4. The molecule has 0 radical (unpaired) electrons. The quantitative estimate of drug-likeness (QED) is 0.643. The molecule has 1 saturated heterocycles. The lowest BCUT2D eigenvalue weighted by atomic mass is 9.84. The van der Waals surface area contributed by atoms with E-state index in [9.17, 15) is 22.8 Å². The number of alkyl halides is 3. The Morgan fingerprint density at radius 2 is 1.61 bits per heavy atom. The maximum absolute atomic E-state index is 13.0. The minimum Gasteiger partial charge on any atom is -0.444 e. The zero-order chi connectivity index (χ0) is 24.2. The minimum atomic E-state index is -4.79. The van der Waals surface area contributed by atoms with Crippen molar-refractivity contribution in [1.29, 1.82) is 0 Å². The van der Waals surface area contributed by atoms with Gasteiger partial charge in [-0.3, -0.25) is 4.79 Å². The highest BCUT2D eigenvalue weighted by atomic mass is 19.4. The Morgan fingerprint density at radius 3 is 2.18 bits per heavy atom. The number of hydrogen-bond acceptors (Lipinski definition) is 4. The number of nitrogens with one attached hydrogen (secondary N) is 1. The lowest BCUT2D eigenvalue weighted by Crippen LogP contribution is -2.48. The predicted molar refractivity (Wildman–Crippen MR) is 117 cm³/mol. The van der Waals surface area contributed by atoms with Gasteiger partial charge in [-0.05, 0) is 57.0 Å². The summed E-state index contributed by atoms with van der Waals surface area (Å²) < 4.78 is 46.4. The van der Waals surface area contributed by atoms with E-state index in [0.717, 1.165) is 17.7 Å². The number of ether oxygens (including phenoxy) is 2. The second-order valence-corrected chi connectivity index (χ2v) is 8.99. The van der Waals surface area contributed by atoms with Crippen LogP contribution in [-0.4, -0.2) is 42.0 Å². The summed E-state index contributed by atoms with van der Waals surface area (Å²) in [5, 5.41) is 2.73. The van der Waals surface area contributed by atoms with Crippen LogP contribution in [0.25, 0.3) is 0 Å². The predicted octanol–water partition coefficient (Wildman–Crippen LogP) is 5.56. The highest BCUT2D eigenvalue weighted by molar-refractivity contribution is 5.93. The Hall–Kier alpha value is -3.23. The number of rotatable bonds is 4. The number of amides is 2. The maximum atomic E-state index is 13.0. The number of anilines is 1. The lowest BCUT2D eigenvalue weighted by molar-refractivity contribution is -0.274. The van der Waals surface area contributed by atoms with Crippen LogP contribution in [0.1, 0.15) is 38.7 Å². The van der Waals surface area contributed by atoms with Crippen molar-refractivity contribution < 1.29 is 32.2 Å². The molecular weight excluding hydrogens is 437 g/mol. The van der Waals surface area contributed by atoms with Gasteiger partial charge in [0.1, 0.15) is 11.4 Å². The van der Waals surface area contributed by atoms with E-state index in [-0.39, 0.29) is 24.1 Å². The van der Waals surface area contributed by atoms with Crippen molar-refractivity contribution in [3.63, 3.8) is 0 Å². The number of likely N-dealkylation sites (tertiary alicyclic amines) is 1. The van der Waals surface area contributed by atoms with Gasteiger partial charge in [-0.2, -0.15) is 0 Å². The second kappa shape index (κ2) is 9.72. The summed E-state index contributed by atoms with van der Waals surface area (Å²) >= 11 is 0. The van der Waals surface area contributed by atoms with Crippen molar-refractivity contribution in [2.75, 3.05) is 18.4 Å². The van der Waals surface area contributed by atoms with Gasteiger partial charge in [0.05, 0.1) is 5.92 Å². The molecule has 0 unspecified atom stereocenters. The number of halogens is 3. The smallest absolute Gasteiger partial charge is 0.444 e. The van der Waals surface area contributed by atoms with Gasteiger partial charge in [0, 0.05) is 24.7 Å². The van der Waals surface area contributed by atoms with E-state index in [1.807, 2.05) is 30.3 Å². The van der Waals surface area contributed by atoms with E-state index in [2.05, 4.69) is 10.1 Å². The van der Waals surface area contributed by atoms with E-state index in [0.29, 0.717) is 18.7 Å². The van der Waals surface area contributed by atoms with Gasteiger partial charge in [-0.15, -0.1) is 13.2 Å². The zero-order valence-corrected chi connectivity index (χ0v) is 18.7. The van der Waals surface area contributed by atoms with Crippen LogP contribution in [0, 0.1) is 5.92 Å². The largest absolute Gasteiger partial charge is 0.573 e. The van der Waals surface area contributed by atoms with E-state index in [1.165, 1.54) is 17.0 Å². The first-order valence-electron chi connectivity index (χ1n) is 10.6.